The minimum Gasteiger partial charge on any atom is -0.455 e. The van der Waals surface area contributed by atoms with Crippen LogP contribution in [0.1, 0.15) is 17.9 Å². The number of benzene rings is 10. The molecule has 0 spiro atoms. The maximum absolute atomic E-state index is 6.48. The maximum atomic E-state index is 6.48. The van der Waals surface area contributed by atoms with Crippen LogP contribution in [0.3, 0.4) is 0 Å². The fourth-order valence-electron chi connectivity index (χ4n) is 11.7. The highest BCUT2D eigenvalue weighted by Crippen LogP contribution is 2.43. The van der Waals surface area contributed by atoms with Gasteiger partial charge in [0.1, 0.15) is 11.2 Å². The Balaban J connectivity index is 0.800. The first kappa shape index (κ1) is 38.9. The summed E-state index contributed by atoms with van der Waals surface area (Å²) >= 11 is 0. The van der Waals surface area contributed by atoms with Gasteiger partial charge in [-0.15, -0.1) is 0 Å². The van der Waals surface area contributed by atoms with E-state index in [1.165, 1.54) is 76.6 Å². The van der Waals surface area contributed by atoms with Gasteiger partial charge in [-0.05, 0) is 114 Å². The number of para-hydroxylation sites is 6. The molecule has 1 aliphatic carbocycles. The Bertz CT molecular complexity index is 4430. The molecule has 1 aliphatic rings. The first-order valence-electron chi connectivity index (χ1n) is 24.3. The molecule has 0 aliphatic heterocycles. The second-order valence-electron chi connectivity index (χ2n) is 18.8. The molecule has 4 nitrogen and oxygen atoms in total. The minimum atomic E-state index is 0.253. The van der Waals surface area contributed by atoms with E-state index < -0.39 is 0 Å². The van der Waals surface area contributed by atoms with E-state index in [0.29, 0.717) is 0 Å². The third kappa shape index (κ3) is 5.83. The van der Waals surface area contributed by atoms with E-state index in [1.807, 2.05) is 6.07 Å². The molecule has 0 saturated carbocycles. The molecule has 4 heteroatoms. The van der Waals surface area contributed by atoms with Crippen molar-refractivity contribution in [2.24, 2.45) is 0 Å². The number of allylic oxidation sites excluding steroid dienone is 3. The largest absolute Gasteiger partial charge is 0.455 e. The summed E-state index contributed by atoms with van der Waals surface area (Å²) in [4.78, 5) is 2.40. The predicted molar refractivity (Wildman–Crippen MR) is 293 cm³/mol. The Morgan fingerprint density at radius 3 is 1.80 bits per heavy atom. The van der Waals surface area contributed by atoms with Gasteiger partial charge >= 0.3 is 0 Å². The zero-order valence-corrected chi connectivity index (χ0v) is 38.1. The van der Waals surface area contributed by atoms with Crippen LogP contribution in [0.2, 0.25) is 0 Å². The predicted octanol–water partition coefficient (Wildman–Crippen LogP) is 17.9. The molecule has 1 unspecified atom stereocenters. The molecule has 15 rings (SSSR count). The number of rotatable bonds is 7. The molecule has 0 fully saturated rings. The van der Waals surface area contributed by atoms with Crippen LogP contribution < -0.4 is 4.90 Å². The smallest absolute Gasteiger partial charge is 0.143 e. The number of anilines is 2. The van der Waals surface area contributed by atoms with Crippen LogP contribution in [0, 0.1) is 0 Å². The summed E-state index contributed by atoms with van der Waals surface area (Å²) in [6.07, 6.45) is 8.04. The molecule has 0 amide bonds. The van der Waals surface area contributed by atoms with Gasteiger partial charge in [-0.1, -0.05) is 158 Å². The lowest BCUT2D eigenvalue weighted by molar-refractivity contribution is 0.670. The lowest BCUT2D eigenvalue weighted by Gasteiger charge is -2.29. The van der Waals surface area contributed by atoms with Crippen LogP contribution in [-0.2, 0) is 0 Å². The Morgan fingerprint density at radius 2 is 1.01 bits per heavy atom. The molecule has 0 radical (unpaired) electrons. The van der Waals surface area contributed by atoms with Gasteiger partial charge in [0.15, 0.2) is 0 Å². The average molecular weight is 894 g/mol. The van der Waals surface area contributed by atoms with E-state index in [4.69, 9.17) is 4.42 Å². The zero-order valence-electron chi connectivity index (χ0n) is 38.1. The molecule has 70 heavy (non-hydrogen) atoms. The van der Waals surface area contributed by atoms with Gasteiger partial charge < -0.3 is 18.3 Å². The molecule has 4 heterocycles. The molecule has 0 N–H and O–H groups in total. The monoisotopic (exact) mass is 893 g/mol. The van der Waals surface area contributed by atoms with E-state index in [2.05, 4.69) is 250 Å². The van der Waals surface area contributed by atoms with Gasteiger partial charge in [0, 0.05) is 77.3 Å². The van der Waals surface area contributed by atoms with Crippen molar-refractivity contribution in [1.29, 1.82) is 0 Å². The normalized spacial score (nSPS) is 14.1. The minimum absolute atomic E-state index is 0.253. The topological polar surface area (TPSA) is 25.7 Å². The molecule has 328 valence electrons. The van der Waals surface area contributed by atoms with Crippen LogP contribution in [0.5, 0.6) is 0 Å². The van der Waals surface area contributed by atoms with Crippen LogP contribution in [-0.4, -0.2) is 8.97 Å². The van der Waals surface area contributed by atoms with E-state index in [0.717, 1.165) is 62.2 Å². The van der Waals surface area contributed by atoms with Gasteiger partial charge in [-0.3, -0.25) is 0 Å². The van der Waals surface area contributed by atoms with Crippen molar-refractivity contribution in [1.82, 2.24) is 8.97 Å². The summed E-state index contributed by atoms with van der Waals surface area (Å²) in [7, 11) is 0. The van der Waals surface area contributed by atoms with Crippen molar-refractivity contribution in [2.75, 3.05) is 4.90 Å². The summed E-state index contributed by atoms with van der Waals surface area (Å²) < 4.78 is 11.3. The second-order valence-corrected chi connectivity index (χ2v) is 18.8. The molecular weight excluding hydrogens is 851 g/mol. The van der Waals surface area contributed by atoms with Gasteiger partial charge in [0.05, 0.1) is 27.6 Å². The quantitative estimate of drug-likeness (QED) is 0.159. The van der Waals surface area contributed by atoms with Crippen molar-refractivity contribution >= 4 is 93.2 Å². The lowest BCUT2D eigenvalue weighted by Crippen LogP contribution is -2.17. The lowest BCUT2D eigenvalue weighted by atomic mass is 9.90. The number of fused-ring (bicyclic) bond motifs is 12. The fourth-order valence-corrected chi connectivity index (χ4v) is 11.7. The third-order valence-electron chi connectivity index (χ3n) is 15.0. The second kappa shape index (κ2) is 15.2. The molecule has 0 saturated heterocycles. The highest BCUT2D eigenvalue weighted by molar-refractivity contribution is 6.23. The number of hydrogen-bond donors (Lipinski definition) is 0. The maximum Gasteiger partial charge on any atom is 0.143 e. The SMILES string of the molecule is C1=CC(c2ccc3c(c2)c2cccc4c5ccccc5n3c42)CC=C1N(c1ccc(-c2ccc3c(c2)c2ccccc2n3-c2ccccc2)cc1)c1ccc(-c2cccc3c2oc2ccccc23)cc1. The molecular formula is C66H43N3O. The van der Waals surface area contributed by atoms with E-state index in [9.17, 15) is 0 Å². The standard InChI is InChI=1S/C66H43N3O/c1-2-12-47(13-3-1)68-60-21-7-5-15-53(60)58-40-45(30-38-62(58)68)42-24-32-48(33-25-42)67(50-36-28-44(29-37-50)51-17-10-20-57-54-16-6-9-23-64(54)70-66(51)57)49-34-26-43(27-35-49)46-31-39-63-59(41-46)56-19-11-18-55-52-14-4-8-22-61(52)69(63)65(55)56/h1-26,28-41,43H,27H2. The van der Waals surface area contributed by atoms with Crippen LogP contribution >= 0.6 is 0 Å². The first-order valence-corrected chi connectivity index (χ1v) is 24.3. The van der Waals surface area contributed by atoms with E-state index in [-0.39, 0.29) is 5.92 Å². The third-order valence-corrected chi connectivity index (χ3v) is 15.0. The Hall–Kier alpha value is -9.12. The Kier molecular flexibility index (Phi) is 8.45. The van der Waals surface area contributed by atoms with E-state index in [1.54, 1.807) is 0 Å². The first-order chi connectivity index (χ1) is 34.7. The Labute approximate surface area is 403 Å². The molecule has 1 atom stereocenters. The van der Waals surface area contributed by atoms with Crippen LogP contribution in [0.25, 0.3) is 110 Å². The van der Waals surface area contributed by atoms with Gasteiger partial charge in [-0.25, -0.2) is 0 Å². The number of furan rings is 1. The summed E-state index contributed by atoms with van der Waals surface area (Å²) in [5, 5.41) is 10.0. The molecule has 0 bridgehead atoms. The zero-order chi connectivity index (χ0) is 45.9. The van der Waals surface area contributed by atoms with E-state index >= 15 is 0 Å². The number of aromatic nitrogens is 2. The molecule has 14 aromatic rings. The molecule has 10 aromatic carbocycles. The summed E-state index contributed by atoms with van der Waals surface area (Å²) in [5.41, 5.74) is 18.5. The Morgan fingerprint density at radius 1 is 0.429 bits per heavy atom. The van der Waals surface area contributed by atoms with Crippen LogP contribution in [0.15, 0.2) is 253 Å². The number of hydrogen-bond acceptors (Lipinski definition) is 2. The fraction of sp³-hybridized carbons (Fsp3) is 0.0303. The van der Waals surface area contributed by atoms with Crippen molar-refractivity contribution in [3.8, 4) is 27.9 Å². The highest BCUT2D eigenvalue weighted by atomic mass is 16.3. The van der Waals surface area contributed by atoms with Crippen molar-refractivity contribution < 1.29 is 4.42 Å². The van der Waals surface area contributed by atoms with Crippen LogP contribution in [0.4, 0.5) is 11.4 Å². The summed E-state index contributed by atoms with van der Waals surface area (Å²) in [5.74, 6) is 0.253. The summed E-state index contributed by atoms with van der Waals surface area (Å²) in [6.45, 7) is 0. The van der Waals surface area contributed by atoms with Gasteiger partial charge in [0.2, 0.25) is 0 Å². The van der Waals surface area contributed by atoms with Crippen molar-refractivity contribution in [2.45, 2.75) is 12.3 Å². The van der Waals surface area contributed by atoms with Crippen molar-refractivity contribution in [3.05, 3.63) is 254 Å². The highest BCUT2D eigenvalue weighted by Gasteiger charge is 2.22. The van der Waals surface area contributed by atoms with Crippen molar-refractivity contribution in [3.63, 3.8) is 0 Å². The average Bonchev–Trinajstić information content (AvgIpc) is 4.18. The molecule has 4 aromatic heterocycles. The number of nitrogens with zero attached hydrogens (tertiary/aromatic N) is 3. The van der Waals surface area contributed by atoms with Gasteiger partial charge in [0.25, 0.3) is 0 Å². The van der Waals surface area contributed by atoms with Gasteiger partial charge in [-0.2, -0.15) is 0 Å². The summed E-state index contributed by atoms with van der Waals surface area (Å²) in [6, 6.07) is 81.8.